The number of carbonyl (C=O) groups is 2. The Morgan fingerprint density at radius 3 is 2.65 bits per heavy atom. The Kier molecular flexibility index (Phi) is 7.55. The van der Waals surface area contributed by atoms with E-state index in [1.54, 1.807) is 12.1 Å². The number of ether oxygens (including phenoxy) is 1. The molecule has 1 N–H and O–H groups in total. The van der Waals surface area contributed by atoms with Crippen LogP contribution in [0, 0.1) is 12.7 Å². The maximum Gasteiger partial charge on any atom is 0.330 e. The van der Waals surface area contributed by atoms with Crippen LogP contribution < -0.4 is 5.32 Å². The van der Waals surface area contributed by atoms with Crippen LogP contribution in [0.5, 0.6) is 0 Å². The zero-order chi connectivity index (χ0) is 18.8. The molecule has 0 heterocycles. The summed E-state index contributed by atoms with van der Waals surface area (Å²) in [4.78, 5) is 23.3. The van der Waals surface area contributed by atoms with E-state index in [0.29, 0.717) is 18.4 Å². The largest absolute Gasteiger partial charge is 0.461 e. The van der Waals surface area contributed by atoms with Crippen LogP contribution in [-0.4, -0.2) is 25.0 Å². The molecule has 0 atom stereocenters. The van der Waals surface area contributed by atoms with Gasteiger partial charge in [-0.2, -0.15) is 0 Å². The minimum Gasteiger partial charge on any atom is -0.461 e. The first-order chi connectivity index (χ1) is 12.5. The normalized spacial score (nSPS) is 10.7. The quantitative estimate of drug-likeness (QED) is 0.448. The molecule has 0 saturated carbocycles. The number of hydrogen-bond donors (Lipinski definition) is 1. The van der Waals surface area contributed by atoms with Crippen molar-refractivity contribution < 1.29 is 18.7 Å². The van der Waals surface area contributed by atoms with Gasteiger partial charge in [0, 0.05) is 12.5 Å². The summed E-state index contributed by atoms with van der Waals surface area (Å²) < 4.78 is 18.0. The van der Waals surface area contributed by atoms with E-state index in [0.717, 1.165) is 5.56 Å². The van der Waals surface area contributed by atoms with E-state index >= 15 is 0 Å². The summed E-state index contributed by atoms with van der Waals surface area (Å²) in [5.41, 5.74) is 2.87. The summed E-state index contributed by atoms with van der Waals surface area (Å²) in [5, 5.41) is 2.71. The van der Waals surface area contributed by atoms with E-state index < -0.39 is 5.97 Å². The number of amides is 1. The van der Waals surface area contributed by atoms with Gasteiger partial charge in [0.05, 0.1) is 6.54 Å². The van der Waals surface area contributed by atoms with E-state index in [1.165, 1.54) is 29.8 Å². The van der Waals surface area contributed by atoms with Gasteiger partial charge in [0.15, 0.2) is 0 Å². The SMILES string of the molecule is Cc1ccc(CCC(=O)NCCOC(=O)/C=C/c2cccc(F)c2)cc1. The lowest BCUT2D eigenvalue weighted by molar-refractivity contribution is -0.138. The molecule has 136 valence electrons. The molecule has 0 aliphatic rings. The highest BCUT2D eigenvalue weighted by atomic mass is 19.1. The van der Waals surface area contributed by atoms with Gasteiger partial charge in [-0.1, -0.05) is 42.0 Å². The minimum absolute atomic E-state index is 0.0859. The van der Waals surface area contributed by atoms with E-state index in [4.69, 9.17) is 4.74 Å². The summed E-state index contributed by atoms with van der Waals surface area (Å²) in [6, 6.07) is 13.9. The number of halogens is 1. The Morgan fingerprint density at radius 1 is 1.15 bits per heavy atom. The minimum atomic E-state index is -0.539. The lowest BCUT2D eigenvalue weighted by Gasteiger charge is -2.06. The van der Waals surface area contributed by atoms with Crippen molar-refractivity contribution in [3.8, 4) is 0 Å². The topological polar surface area (TPSA) is 55.4 Å². The first kappa shape index (κ1) is 19.4. The average molecular weight is 355 g/mol. The van der Waals surface area contributed by atoms with Crippen LogP contribution in [0.1, 0.15) is 23.1 Å². The summed E-state index contributed by atoms with van der Waals surface area (Å²) in [7, 11) is 0. The van der Waals surface area contributed by atoms with Gasteiger partial charge in [-0.15, -0.1) is 0 Å². The van der Waals surface area contributed by atoms with Crippen molar-refractivity contribution in [1.82, 2.24) is 5.32 Å². The molecule has 26 heavy (non-hydrogen) atoms. The molecule has 0 bridgehead atoms. The molecule has 2 rings (SSSR count). The molecule has 1 amide bonds. The fourth-order valence-corrected chi connectivity index (χ4v) is 2.27. The molecular formula is C21H22FNO3. The van der Waals surface area contributed by atoms with Gasteiger partial charge in [0.2, 0.25) is 5.91 Å². The van der Waals surface area contributed by atoms with E-state index in [9.17, 15) is 14.0 Å². The molecule has 0 spiro atoms. The predicted molar refractivity (Wildman–Crippen MR) is 98.9 cm³/mol. The molecule has 0 aliphatic heterocycles. The van der Waals surface area contributed by atoms with Crippen molar-refractivity contribution in [2.24, 2.45) is 0 Å². The predicted octanol–water partition coefficient (Wildman–Crippen LogP) is 3.44. The first-order valence-electron chi connectivity index (χ1n) is 8.45. The molecule has 4 nitrogen and oxygen atoms in total. The molecular weight excluding hydrogens is 333 g/mol. The Morgan fingerprint density at radius 2 is 1.92 bits per heavy atom. The number of benzene rings is 2. The van der Waals surface area contributed by atoms with Gasteiger partial charge >= 0.3 is 5.97 Å². The number of rotatable bonds is 8. The van der Waals surface area contributed by atoms with Crippen LogP contribution >= 0.6 is 0 Å². The van der Waals surface area contributed by atoms with Crippen molar-refractivity contribution in [1.29, 1.82) is 0 Å². The van der Waals surface area contributed by atoms with Gasteiger partial charge < -0.3 is 10.1 Å². The molecule has 0 aliphatic carbocycles. The maximum atomic E-state index is 13.0. The second kappa shape index (κ2) is 10.1. The number of hydrogen-bond acceptors (Lipinski definition) is 3. The van der Waals surface area contributed by atoms with Crippen LogP contribution in [-0.2, 0) is 20.7 Å². The van der Waals surface area contributed by atoms with Crippen molar-refractivity contribution in [2.75, 3.05) is 13.2 Å². The van der Waals surface area contributed by atoms with Gasteiger partial charge in [-0.25, -0.2) is 9.18 Å². The van der Waals surface area contributed by atoms with E-state index in [-0.39, 0.29) is 24.9 Å². The highest BCUT2D eigenvalue weighted by Gasteiger charge is 2.03. The fraction of sp³-hybridized carbons (Fsp3) is 0.238. The molecule has 0 fully saturated rings. The average Bonchev–Trinajstić information content (AvgIpc) is 2.63. The van der Waals surface area contributed by atoms with Crippen molar-refractivity contribution in [3.05, 3.63) is 77.1 Å². The maximum absolute atomic E-state index is 13.0. The van der Waals surface area contributed by atoms with Crippen molar-refractivity contribution in [2.45, 2.75) is 19.8 Å². The van der Waals surface area contributed by atoms with Crippen LogP contribution in [0.3, 0.4) is 0 Å². The van der Waals surface area contributed by atoms with Gasteiger partial charge in [0.1, 0.15) is 12.4 Å². The zero-order valence-electron chi connectivity index (χ0n) is 14.7. The second-order valence-corrected chi connectivity index (χ2v) is 5.89. The van der Waals surface area contributed by atoms with Crippen LogP contribution in [0.4, 0.5) is 4.39 Å². The Bertz CT molecular complexity index is 769. The van der Waals surface area contributed by atoms with Crippen molar-refractivity contribution in [3.63, 3.8) is 0 Å². The zero-order valence-corrected chi connectivity index (χ0v) is 14.7. The highest BCUT2D eigenvalue weighted by molar-refractivity contribution is 5.87. The third-order valence-corrected chi connectivity index (χ3v) is 3.69. The Labute approximate surface area is 152 Å². The standard InChI is InChI=1S/C21H22FNO3/c1-16-5-7-17(8-6-16)9-11-20(24)23-13-14-26-21(25)12-10-18-3-2-4-19(22)15-18/h2-8,10,12,15H,9,11,13-14H2,1H3,(H,23,24)/b12-10+. The molecule has 2 aromatic rings. The molecule has 0 aromatic heterocycles. The third-order valence-electron chi connectivity index (χ3n) is 3.69. The Balaban J connectivity index is 1.61. The van der Waals surface area contributed by atoms with Crippen molar-refractivity contribution >= 4 is 18.0 Å². The smallest absolute Gasteiger partial charge is 0.330 e. The second-order valence-electron chi connectivity index (χ2n) is 5.89. The fourth-order valence-electron chi connectivity index (χ4n) is 2.27. The van der Waals surface area contributed by atoms with Crippen LogP contribution in [0.2, 0.25) is 0 Å². The van der Waals surface area contributed by atoms with Gasteiger partial charge in [-0.05, 0) is 42.7 Å². The van der Waals surface area contributed by atoms with Crippen LogP contribution in [0.25, 0.3) is 6.08 Å². The van der Waals surface area contributed by atoms with E-state index in [2.05, 4.69) is 5.32 Å². The summed E-state index contributed by atoms with van der Waals surface area (Å²) >= 11 is 0. The Hall–Kier alpha value is -2.95. The monoisotopic (exact) mass is 355 g/mol. The molecule has 5 heteroatoms. The van der Waals surface area contributed by atoms with Gasteiger partial charge in [0.25, 0.3) is 0 Å². The number of aryl methyl sites for hydroxylation is 2. The first-order valence-corrected chi connectivity index (χ1v) is 8.45. The lowest BCUT2D eigenvalue weighted by Crippen LogP contribution is -2.28. The van der Waals surface area contributed by atoms with E-state index in [1.807, 2.05) is 31.2 Å². The lowest BCUT2D eigenvalue weighted by atomic mass is 10.1. The molecule has 0 radical (unpaired) electrons. The highest BCUT2D eigenvalue weighted by Crippen LogP contribution is 2.06. The number of carbonyl (C=O) groups excluding carboxylic acids is 2. The molecule has 0 unspecified atom stereocenters. The number of nitrogens with one attached hydrogen (secondary N) is 1. The molecule has 2 aromatic carbocycles. The van der Waals surface area contributed by atoms with Crippen LogP contribution in [0.15, 0.2) is 54.6 Å². The number of esters is 1. The summed E-state index contributed by atoms with van der Waals surface area (Å²) in [5.74, 6) is -0.992. The summed E-state index contributed by atoms with van der Waals surface area (Å²) in [6.45, 7) is 2.36. The van der Waals surface area contributed by atoms with Gasteiger partial charge in [-0.3, -0.25) is 4.79 Å². The summed E-state index contributed by atoms with van der Waals surface area (Å²) in [6.07, 6.45) is 3.76. The molecule has 0 saturated heterocycles. The third kappa shape index (κ3) is 7.30.